The summed E-state index contributed by atoms with van der Waals surface area (Å²) in [5, 5.41) is 9.28. The van der Waals surface area contributed by atoms with E-state index < -0.39 is 0 Å². The summed E-state index contributed by atoms with van der Waals surface area (Å²) in [6, 6.07) is 0. The number of carbonyl (C=O) groups excluding carboxylic acids is 1. The van der Waals surface area contributed by atoms with Gasteiger partial charge in [0, 0.05) is 5.57 Å². The van der Waals surface area contributed by atoms with Crippen molar-refractivity contribution in [3.8, 4) is 0 Å². The molecule has 0 fully saturated rings. The van der Waals surface area contributed by atoms with Crippen LogP contribution < -0.4 is 0 Å². The number of ether oxygens (including phenoxy) is 1. The highest BCUT2D eigenvalue weighted by molar-refractivity contribution is 9.11. The van der Waals surface area contributed by atoms with Gasteiger partial charge in [-0.05, 0) is 34.5 Å². The molecule has 0 heterocycles. The quantitative estimate of drug-likeness (QED) is 0.720. The number of esters is 1. The lowest BCUT2D eigenvalue weighted by Crippen LogP contribution is -2.03. The molecule has 1 aliphatic rings. The molecule has 70 valence electrons. The van der Waals surface area contributed by atoms with E-state index in [0.717, 1.165) is 0 Å². The standard InChI is InChI=1S/C9H9BrO3/c1-13-9(12)6-3-2-4-8(11)7(10)5-6/h2,4-5,11H,3H2,1H3. The average molecular weight is 245 g/mol. The minimum atomic E-state index is -0.378. The molecule has 1 N–H and O–H groups in total. The number of methoxy groups -OCH3 is 1. The zero-order valence-electron chi connectivity index (χ0n) is 7.08. The Balaban J connectivity index is 2.97. The van der Waals surface area contributed by atoms with Gasteiger partial charge in [0.15, 0.2) is 0 Å². The molecule has 3 nitrogen and oxygen atoms in total. The molecule has 0 aromatic carbocycles. The molecular weight excluding hydrogens is 236 g/mol. The SMILES string of the molecule is COC(=O)C1=CC(Br)=C(O)C=CC1. The first-order valence-electron chi connectivity index (χ1n) is 3.69. The molecule has 13 heavy (non-hydrogen) atoms. The van der Waals surface area contributed by atoms with Crippen molar-refractivity contribution in [3.63, 3.8) is 0 Å². The van der Waals surface area contributed by atoms with Crippen molar-refractivity contribution in [2.75, 3.05) is 7.11 Å². The van der Waals surface area contributed by atoms with E-state index in [4.69, 9.17) is 0 Å². The zero-order chi connectivity index (χ0) is 9.84. The summed E-state index contributed by atoms with van der Waals surface area (Å²) in [4.78, 5) is 11.1. The molecule has 1 aliphatic carbocycles. The van der Waals surface area contributed by atoms with Crippen molar-refractivity contribution in [2.45, 2.75) is 6.42 Å². The van der Waals surface area contributed by atoms with Gasteiger partial charge in [0.1, 0.15) is 5.76 Å². The summed E-state index contributed by atoms with van der Waals surface area (Å²) in [7, 11) is 1.33. The largest absolute Gasteiger partial charge is 0.507 e. The fraction of sp³-hybridized carbons (Fsp3) is 0.222. The Morgan fingerprint density at radius 3 is 3.00 bits per heavy atom. The number of rotatable bonds is 1. The highest BCUT2D eigenvalue weighted by Crippen LogP contribution is 2.21. The molecule has 0 saturated heterocycles. The van der Waals surface area contributed by atoms with Crippen LogP contribution >= 0.6 is 15.9 Å². The lowest BCUT2D eigenvalue weighted by Gasteiger charge is -2.00. The third-order valence-electron chi connectivity index (χ3n) is 1.61. The maximum absolute atomic E-state index is 11.1. The van der Waals surface area contributed by atoms with E-state index in [1.807, 2.05) is 0 Å². The number of allylic oxidation sites excluding steroid dienone is 4. The lowest BCUT2D eigenvalue weighted by atomic mass is 10.2. The summed E-state index contributed by atoms with van der Waals surface area (Å²) in [5.41, 5.74) is 0.509. The molecule has 0 spiro atoms. The third-order valence-corrected chi connectivity index (χ3v) is 2.24. The van der Waals surface area contributed by atoms with Gasteiger partial charge in [0.2, 0.25) is 0 Å². The van der Waals surface area contributed by atoms with Crippen LogP contribution in [0, 0.1) is 0 Å². The summed E-state index contributed by atoms with van der Waals surface area (Å²) in [6.45, 7) is 0. The first-order valence-corrected chi connectivity index (χ1v) is 4.48. The molecule has 0 amide bonds. The van der Waals surface area contributed by atoms with Gasteiger partial charge in [-0.25, -0.2) is 4.79 Å². The van der Waals surface area contributed by atoms with Crippen molar-refractivity contribution in [1.29, 1.82) is 0 Å². The molecule has 0 atom stereocenters. The summed E-state index contributed by atoms with van der Waals surface area (Å²) in [6.07, 6.45) is 5.26. The van der Waals surface area contributed by atoms with Crippen LogP contribution in [0.15, 0.2) is 34.0 Å². The Kier molecular flexibility index (Phi) is 3.31. The van der Waals surface area contributed by atoms with Gasteiger partial charge in [-0.2, -0.15) is 0 Å². The number of carbonyl (C=O) groups is 1. The molecule has 0 aliphatic heterocycles. The van der Waals surface area contributed by atoms with Crippen LogP contribution in [-0.2, 0) is 9.53 Å². The van der Waals surface area contributed by atoms with Crippen LogP contribution in [0.4, 0.5) is 0 Å². The Morgan fingerprint density at radius 2 is 2.38 bits per heavy atom. The van der Waals surface area contributed by atoms with Crippen molar-refractivity contribution < 1.29 is 14.6 Å². The second-order valence-electron chi connectivity index (χ2n) is 2.50. The predicted octanol–water partition coefficient (Wildman–Crippen LogP) is 2.21. The van der Waals surface area contributed by atoms with Gasteiger partial charge < -0.3 is 9.84 Å². The van der Waals surface area contributed by atoms with Gasteiger partial charge in [-0.15, -0.1) is 0 Å². The normalized spacial score (nSPS) is 16.6. The third kappa shape index (κ3) is 2.45. The fourth-order valence-corrected chi connectivity index (χ4v) is 1.34. The fourth-order valence-electron chi connectivity index (χ4n) is 0.936. The maximum Gasteiger partial charge on any atom is 0.334 e. The van der Waals surface area contributed by atoms with Crippen LogP contribution in [0.2, 0.25) is 0 Å². The molecule has 0 bridgehead atoms. The van der Waals surface area contributed by atoms with Crippen LogP contribution in [0.1, 0.15) is 6.42 Å². The molecule has 0 aromatic rings. The lowest BCUT2D eigenvalue weighted by molar-refractivity contribution is -0.136. The number of hydrogen-bond donors (Lipinski definition) is 1. The Labute approximate surface area is 84.5 Å². The van der Waals surface area contributed by atoms with Crippen LogP contribution in [0.5, 0.6) is 0 Å². The van der Waals surface area contributed by atoms with Gasteiger partial charge in [-0.3, -0.25) is 0 Å². The van der Waals surface area contributed by atoms with Crippen molar-refractivity contribution >= 4 is 21.9 Å². The Morgan fingerprint density at radius 1 is 1.69 bits per heavy atom. The average Bonchev–Trinajstić information content (AvgIpc) is 2.28. The van der Waals surface area contributed by atoms with Crippen LogP contribution in [-0.4, -0.2) is 18.2 Å². The molecule has 0 unspecified atom stereocenters. The minimum Gasteiger partial charge on any atom is -0.507 e. The highest BCUT2D eigenvalue weighted by Gasteiger charge is 2.11. The van der Waals surface area contributed by atoms with E-state index in [9.17, 15) is 9.90 Å². The number of halogens is 1. The van der Waals surface area contributed by atoms with E-state index in [1.165, 1.54) is 13.2 Å². The van der Waals surface area contributed by atoms with E-state index in [0.29, 0.717) is 16.5 Å². The van der Waals surface area contributed by atoms with E-state index >= 15 is 0 Å². The van der Waals surface area contributed by atoms with Crippen LogP contribution in [0.25, 0.3) is 0 Å². The van der Waals surface area contributed by atoms with E-state index in [1.54, 1.807) is 12.2 Å². The molecule has 1 rings (SSSR count). The van der Waals surface area contributed by atoms with Gasteiger partial charge in [0.25, 0.3) is 0 Å². The summed E-state index contributed by atoms with van der Waals surface area (Å²) < 4.78 is 5.05. The van der Waals surface area contributed by atoms with Gasteiger partial charge in [-0.1, -0.05) is 6.08 Å². The number of hydrogen-bond acceptors (Lipinski definition) is 3. The smallest absolute Gasteiger partial charge is 0.334 e. The van der Waals surface area contributed by atoms with Gasteiger partial charge >= 0.3 is 5.97 Å². The Bertz CT molecular complexity index is 313. The second-order valence-corrected chi connectivity index (χ2v) is 3.36. The van der Waals surface area contributed by atoms with Crippen molar-refractivity contribution in [1.82, 2.24) is 0 Å². The van der Waals surface area contributed by atoms with Crippen LogP contribution in [0.3, 0.4) is 0 Å². The number of aliphatic hydroxyl groups is 1. The Hall–Kier alpha value is -1.03. The first-order chi connectivity index (χ1) is 6.15. The predicted molar refractivity (Wildman–Crippen MR) is 52.4 cm³/mol. The monoisotopic (exact) mass is 244 g/mol. The first kappa shape index (κ1) is 10.1. The summed E-state index contributed by atoms with van der Waals surface area (Å²) >= 11 is 3.14. The van der Waals surface area contributed by atoms with Crippen molar-refractivity contribution in [3.05, 3.63) is 34.0 Å². The van der Waals surface area contributed by atoms with E-state index in [-0.39, 0.29) is 11.7 Å². The molecule has 0 saturated carbocycles. The highest BCUT2D eigenvalue weighted by atomic mass is 79.9. The topological polar surface area (TPSA) is 46.5 Å². The zero-order valence-corrected chi connectivity index (χ0v) is 8.67. The second kappa shape index (κ2) is 4.28. The molecule has 4 heteroatoms. The molecule has 0 radical (unpaired) electrons. The number of aliphatic hydroxyl groups excluding tert-OH is 1. The molecular formula is C9H9BrO3. The van der Waals surface area contributed by atoms with Gasteiger partial charge in [0.05, 0.1) is 11.6 Å². The maximum atomic E-state index is 11.1. The molecule has 0 aromatic heterocycles. The summed E-state index contributed by atoms with van der Waals surface area (Å²) in [5.74, 6) is -0.268. The minimum absolute atomic E-state index is 0.110. The van der Waals surface area contributed by atoms with Crippen molar-refractivity contribution in [2.24, 2.45) is 0 Å². The van der Waals surface area contributed by atoms with E-state index in [2.05, 4.69) is 20.7 Å².